The van der Waals surface area contributed by atoms with Gasteiger partial charge in [0.25, 0.3) is 0 Å². The highest BCUT2D eigenvalue weighted by Crippen LogP contribution is 2.45. The summed E-state index contributed by atoms with van der Waals surface area (Å²) in [7, 11) is 0. The van der Waals surface area contributed by atoms with E-state index in [0.29, 0.717) is 0 Å². The van der Waals surface area contributed by atoms with Crippen molar-refractivity contribution >= 4 is 92.1 Å². The Bertz CT molecular complexity index is 3570. The first kappa shape index (κ1) is 33.7. The molecule has 2 heterocycles. The van der Waals surface area contributed by atoms with E-state index < -0.39 is 0 Å². The van der Waals surface area contributed by atoms with Gasteiger partial charge in [-0.05, 0) is 116 Å². The first-order valence-corrected chi connectivity index (χ1v) is 20.9. The number of fused-ring (bicyclic) bond motifs is 8. The first-order valence-electron chi connectivity index (χ1n) is 20.1. The molecule has 0 fully saturated rings. The molecule has 0 bridgehead atoms. The number of thiophene rings is 1. The van der Waals surface area contributed by atoms with Gasteiger partial charge in [-0.15, -0.1) is 11.3 Å². The van der Waals surface area contributed by atoms with Gasteiger partial charge >= 0.3 is 0 Å². The Balaban J connectivity index is 1.02. The molecule has 0 amide bonds. The van der Waals surface area contributed by atoms with Gasteiger partial charge in [-0.25, -0.2) is 0 Å². The minimum Gasteiger partial charge on any atom is -0.456 e. The van der Waals surface area contributed by atoms with Crippen molar-refractivity contribution in [3.8, 4) is 33.4 Å². The van der Waals surface area contributed by atoms with Crippen LogP contribution in [0.1, 0.15) is 0 Å². The van der Waals surface area contributed by atoms with Gasteiger partial charge in [-0.2, -0.15) is 0 Å². The molecule has 0 radical (unpaired) electrons. The molecular weight excluding hydrogens is 735 g/mol. The van der Waals surface area contributed by atoms with Crippen molar-refractivity contribution in [3.63, 3.8) is 0 Å². The molecule has 59 heavy (non-hydrogen) atoms. The standard InChI is InChI=1S/C56H35NOS/c1-2-12-38-31-42(24-23-36(38)11-1)39-15-9-16-45(32-39)57(44-28-25-37(26-29-44)47-19-10-20-49-48-18-6-8-22-55(48)59-56(47)49)52-21-7-5-17-46(52)43-27-30-53-50(34-43)51-33-40-13-3-4-14-41(40)35-54(51)58-53/h1-35H. The highest BCUT2D eigenvalue weighted by molar-refractivity contribution is 7.26. The van der Waals surface area contributed by atoms with Crippen LogP contribution >= 0.6 is 11.3 Å². The minimum absolute atomic E-state index is 0.890. The maximum absolute atomic E-state index is 6.43. The number of hydrogen-bond donors (Lipinski definition) is 0. The van der Waals surface area contributed by atoms with Crippen LogP contribution in [0.15, 0.2) is 217 Å². The first-order chi connectivity index (χ1) is 29.2. The zero-order valence-electron chi connectivity index (χ0n) is 32.0. The van der Waals surface area contributed by atoms with E-state index in [4.69, 9.17) is 4.42 Å². The molecule has 0 spiro atoms. The molecule has 0 saturated heterocycles. The van der Waals surface area contributed by atoms with Crippen LogP contribution in [-0.2, 0) is 0 Å². The smallest absolute Gasteiger partial charge is 0.136 e. The Morgan fingerprint density at radius 3 is 1.86 bits per heavy atom. The predicted octanol–water partition coefficient (Wildman–Crippen LogP) is 16.7. The third-order valence-electron chi connectivity index (χ3n) is 11.8. The van der Waals surface area contributed by atoms with E-state index in [-0.39, 0.29) is 0 Å². The zero-order chi connectivity index (χ0) is 38.9. The van der Waals surface area contributed by atoms with E-state index in [1.54, 1.807) is 0 Å². The molecule has 2 aromatic heterocycles. The fraction of sp³-hybridized carbons (Fsp3) is 0. The summed E-state index contributed by atoms with van der Waals surface area (Å²) in [5.41, 5.74) is 12.2. The number of nitrogens with zero attached hydrogens (tertiary/aromatic N) is 1. The molecule has 10 aromatic carbocycles. The normalized spacial score (nSPS) is 11.7. The van der Waals surface area contributed by atoms with Gasteiger partial charge in [0, 0.05) is 47.9 Å². The van der Waals surface area contributed by atoms with Crippen LogP contribution in [0.4, 0.5) is 17.1 Å². The number of anilines is 3. The Kier molecular flexibility index (Phi) is 7.75. The van der Waals surface area contributed by atoms with Gasteiger partial charge in [0.15, 0.2) is 0 Å². The molecule has 12 rings (SSSR count). The maximum atomic E-state index is 6.43. The second kappa shape index (κ2) is 13.6. The topological polar surface area (TPSA) is 16.4 Å². The van der Waals surface area contributed by atoms with Crippen molar-refractivity contribution in [2.75, 3.05) is 4.90 Å². The lowest BCUT2D eigenvalue weighted by atomic mass is 9.97. The molecule has 0 aliphatic carbocycles. The molecule has 0 saturated carbocycles. The summed E-state index contributed by atoms with van der Waals surface area (Å²) in [6.07, 6.45) is 0. The fourth-order valence-electron chi connectivity index (χ4n) is 8.93. The largest absolute Gasteiger partial charge is 0.456 e. The highest BCUT2D eigenvalue weighted by Gasteiger charge is 2.20. The predicted molar refractivity (Wildman–Crippen MR) is 253 cm³/mol. The zero-order valence-corrected chi connectivity index (χ0v) is 32.8. The van der Waals surface area contributed by atoms with E-state index in [1.165, 1.54) is 64.0 Å². The van der Waals surface area contributed by atoms with Crippen LogP contribution < -0.4 is 4.90 Å². The lowest BCUT2D eigenvalue weighted by Crippen LogP contribution is -2.11. The third kappa shape index (κ3) is 5.70. The Morgan fingerprint density at radius 1 is 0.339 bits per heavy atom. The van der Waals surface area contributed by atoms with E-state index >= 15 is 0 Å². The molecule has 0 unspecified atom stereocenters. The molecule has 0 N–H and O–H groups in total. The SMILES string of the molecule is c1cc(-c2ccc3ccccc3c2)cc(N(c2ccc(-c3cccc4c3sc3ccccc34)cc2)c2ccccc2-c2ccc3oc4cc5ccccc5cc4c3c2)c1. The summed E-state index contributed by atoms with van der Waals surface area (Å²) in [5.74, 6) is 0. The average Bonchev–Trinajstić information content (AvgIpc) is 3.86. The second-order valence-electron chi connectivity index (χ2n) is 15.3. The van der Waals surface area contributed by atoms with E-state index in [9.17, 15) is 0 Å². The monoisotopic (exact) mass is 769 g/mol. The van der Waals surface area contributed by atoms with E-state index in [0.717, 1.165) is 50.1 Å². The molecule has 12 aromatic rings. The van der Waals surface area contributed by atoms with Gasteiger partial charge in [0.05, 0.1) is 5.69 Å². The Labute approximate surface area is 345 Å². The van der Waals surface area contributed by atoms with Crippen LogP contribution in [0.2, 0.25) is 0 Å². The van der Waals surface area contributed by atoms with Crippen molar-refractivity contribution in [2.24, 2.45) is 0 Å². The molecule has 0 aliphatic rings. The molecule has 2 nitrogen and oxygen atoms in total. The van der Waals surface area contributed by atoms with Crippen LogP contribution in [0, 0.1) is 0 Å². The van der Waals surface area contributed by atoms with Crippen molar-refractivity contribution in [3.05, 3.63) is 212 Å². The molecule has 0 aliphatic heterocycles. The number of hydrogen-bond acceptors (Lipinski definition) is 3. The molecule has 0 atom stereocenters. The fourth-order valence-corrected chi connectivity index (χ4v) is 10.2. The average molecular weight is 770 g/mol. The van der Waals surface area contributed by atoms with E-state index in [2.05, 4.69) is 217 Å². The van der Waals surface area contributed by atoms with Crippen LogP contribution in [0.3, 0.4) is 0 Å². The number of furan rings is 1. The van der Waals surface area contributed by atoms with Crippen molar-refractivity contribution < 1.29 is 4.42 Å². The Hall–Kier alpha value is -7.46. The van der Waals surface area contributed by atoms with Crippen molar-refractivity contribution in [1.29, 1.82) is 0 Å². The minimum atomic E-state index is 0.890. The summed E-state index contributed by atoms with van der Waals surface area (Å²) in [5, 5.41) is 9.72. The third-order valence-corrected chi connectivity index (χ3v) is 13.0. The maximum Gasteiger partial charge on any atom is 0.136 e. The number of benzene rings is 10. The van der Waals surface area contributed by atoms with Crippen LogP contribution in [-0.4, -0.2) is 0 Å². The van der Waals surface area contributed by atoms with Crippen LogP contribution in [0.25, 0.3) is 97.0 Å². The summed E-state index contributed by atoms with van der Waals surface area (Å²) < 4.78 is 9.07. The quantitative estimate of drug-likeness (QED) is 0.167. The lowest BCUT2D eigenvalue weighted by Gasteiger charge is -2.28. The molecule has 3 heteroatoms. The van der Waals surface area contributed by atoms with Gasteiger partial charge in [0.1, 0.15) is 11.2 Å². The van der Waals surface area contributed by atoms with E-state index in [1.807, 2.05) is 11.3 Å². The number of rotatable bonds is 6. The van der Waals surface area contributed by atoms with Gasteiger partial charge in [-0.3, -0.25) is 0 Å². The highest BCUT2D eigenvalue weighted by atomic mass is 32.1. The van der Waals surface area contributed by atoms with Crippen LogP contribution in [0.5, 0.6) is 0 Å². The number of para-hydroxylation sites is 1. The Morgan fingerprint density at radius 2 is 0.983 bits per heavy atom. The summed E-state index contributed by atoms with van der Waals surface area (Å²) >= 11 is 1.87. The van der Waals surface area contributed by atoms with Gasteiger partial charge in [-0.1, -0.05) is 146 Å². The molecule has 276 valence electrons. The summed E-state index contributed by atoms with van der Waals surface area (Å²) in [6, 6.07) is 77.1. The summed E-state index contributed by atoms with van der Waals surface area (Å²) in [6.45, 7) is 0. The van der Waals surface area contributed by atoms with Crippen molar-refractivity contribution in [2.45, 2.75) is 0 Å². The van der Waals surface area contributed by atoms with Gasteiger partial charge in [0.2, 0.25) is 0 Å². The van der Waals surface area contributed by atoms with Crippen molar-refractivity contribution in [1.82, 2.24) is 0 Å². The van der Waals surface area contributed by atoms with Gasteiger partial charge < -0.3 is 9.32 Å². The lowest BCUT2D eigenvalue weighted by molar-refractivity contribution is 0.669. The molecular formula is C56H35NOS. The second-order valence-corrected chi connectivity index (χ2v) is 16.4. The summed E-state index contributed by atoms with van der Waals surface area (Å²) in [4.78, 5) is 2.41.